The van der Waals surface area contributed by atoms with Crippen molar-refractivity contribution in [2.45, 2.75) is 18.8 Å². The highest BCUT2D eigenvalue weighted by Gasteiger charge is 2.40. The number of sulfonamides is 1. The van der Waals surface area contributed by atoms with E-state index in [0.717, 1.165) is 0 Å². The van der Waals surface area contributed by atoms with Crippen molar-refractivity contribution in [3.63, 3.8) is 0 Å². The summed E-state index contributed by atoms with van der Waals surface area (Å²) in [5, 5.41) is 4.34. The fourth-order valence-corrected chi connectivity index (χ4v) is 0.944. The molecule has 0 radical (unpaired) electrons. The van der Waals surface area contributed by atoms with E-state index >= 15 is 0 Å². The van der Waals surface area contributed by atoms with Gasteiger partial charge in [0, 0.05) is 6.42 Å². The van der Waals surface area contributed by atoms with E-state index in [-0.39, 0.29) is 0 Å². The summed E-state index contributed by atoms with van der Waals surface area (Å²) in [5.74, 6) is -5.43. The third-order valence-corrected chi connectivity index (χ3v) is 1.81. The van der Waals surface area contributed by atoms with Crippen LogP contribution in [0.5, 0.6) is 0 Å². The molecule has 0 aliphatic carbocycles. The van der Waals surface area contributed by atoms with Crippen LogP contribution in [0.25, 0.3) is 0 Å². The van der Waals surface area contributed by atoms with E-state index < -0.39 is 34.5 Å². The minimum atomic E-state index is -4.29. The molecule has 0 aromatic heterocycles. The molecule has 74 valence electrons. The van der Waals surface area contributed by atoms with Crippen molar-refractivity contribution in [2.75, 3.05) is 5.75 Å². The van der Waals surface area contributed by atoms with Crippen molar-refractivity contribution in [1.82, 2.24) is 0 Å². The molecule has 3 nitrogen and oxygen atoms in total. The van der Waals surface area contributed by atoms with Gasteiger partial charge in [0.15, 0.2) is 0 Å². The van der Waals surface area contributed by atoms with Crippen LogP contribution >= 0.6 is 0 Å². The largest absolute Gasteiger partial charge is 0.308 e. The van der Waals surface area contributed by atoms with Crippen molar-refractivity contribution in [2.24, 2.45) is 5.14 Å². The molecular weight excluding hydrogens is 202 g/mol. The van der Waals surface area contributed by atoms with E-state index in [0.29, 0.717) is 0 Å². The van der Waals surface area contributed by atoms with Gasteiger partial charge < -0.3 is 0 Å². The smallest absolute Gasteiger partial charge is 0.229 e. The molecule has 8 heteroatoms. The zero-order valence-corrected chi connectivity index (χ0v) is 6.62. The Balaban J connectivity index is 4.10. The Morgan fingerprint density at radius 2 is 1.75 bits per heavy atom. The summed E-state index contributed by atoms with van der Waals surface area (Å²) < 4.78 is 67.0. The summed E-state index contributed by atoms with van der Waals surface area (Å²) >= 11 is 0. The molecule has 0 aromatic carbocycles. The quantitative estimate of drug-likeness (QED) is 0.688. The lowest BCUT2D eigenvalue weighted by molar-refractivity contribution is -0.129. The zero-order valence-electron chi connectivity index (χ0n) is 5.81. The molecule has 0 heterocycles. The van der Waals surface area contributed by atoms with Gasteiger partial charge in [0.2, 0.25) is 10.0 Å². The van der Waals surface area contributed by atoms with Crippen LogP contribution in [-0.4, -0.2) is 26.5 Å². The van der Waals surface area contributed by atoms with Gasteiger partial charge in [-0.25, -0.2) is 31.1 Å². The molecule has 0 aromatic rings. The van der Waals surface area contributed by atoms with Gasteiger partial charge in [-0.2, -0.15) is 0 Å². The van der Waals surface area contributed by atoms with E-state index in [1.165, 1.54) is 0 Å². The van der Waals surface area contributed by atoms with Crippen LogP contribution in [0.4, 0.5) is 17.6 Å². The summed E-state index contributed by atoms with van der Waals surface area (Å²) in [4.78, 5) is 0. The lowest BCUT2D eigenvalue weighted by Gasteiger charge is -2.13. The molecule has 0 bridgehead atoms. The topological polar surface area (TPSA) is 60.2 Å². The van der Waals surface area contributed by atoms with E-state index in [4.69, 9.17) is 0 Å². The fraction of sp³-hybridized carbons (Fsp3) is 1.00. The number of halogens is 4. The number of hydrogen-bond donors (Lipinski definition) is 1. The highest BCUT2D eigenvalue weighted by Crippen LogP contribution is 2.26. The first-order valence-corrected chi connectivity index (χ1v) is 4.53. The van der Waals surface area contributed by atoms with Crippen molar-refractivity contribution in [3.8, 4) is 0 Å². The zero-order chi connectivity index (χ0) is 9.99. The standard InChI is InChI=1S/C4H7F4NO2S/c5-3(6)4(7,8)1-2-12(9,10)11/h3H,1-2H2,(H2,9,10,11). The number of nitrogens with two attached hydrogens (primary N) is 1. The third-order valence-electron chi connectivity index (χ3n) is 1.04. The highest BCUT2D eigenvalue weighted by atomic mass is 32.2. The van der Waals surface area contributed by atoms with Gasteiger partial charge in [-0.05, 0) is 0 Å². The van der Waals surface area contributed by atoms with Crippen LogP contribution in [-0.2, 0) is 10.0 Å². The normalized spacial score (nSPS) is 13.8. The third kappa shape index (κ3) is 4.50. The van der Waals surface area contributed by atoms with Crippen LogP contribution in [0, 0.1) is 0 Å². The van der Waals surface area contributed by atoms with E-state index in [2.05, 4.69) is 5.14 Å². The Morgan fingerprint density at radius 3 is 2.00 bits per heavy atom. The summed E-state index contributed by atoms with van der Waals surface area (Å²) in [6.07, 6.45) is -5.32. The van der Waals surface area contributed by atoms with Crippen molar-refractivity contribution in [1.29, 1.82) is 0 Å². The second-order valence-corrected chi connectivity index (χ2v) is 3.91. The molecule has 0 spiro atoms. The lowest BCUT2D eigenvalue weighted by atomic mass is 10.3. The predicted molar refractivity (Wildman–Crippen MR) is 33.5 cm³/mol. The maximum atomic E-state index is 12.0. The monoisotopic (exact) mass is 209 g/mol. The van der Waals surface area contributed by atoms with Crippen LogP contribution in [0.3, 0.4) is 0 Å². The molecule has 0 saturated heterocycles. The molecule has 0 saturated carbocycles. The second-order valence-electron chi connectivity index (χ2n) is 2.18. The number of hydrogen-bond acceptors (Lipinski definition) is 2. The minimum Gasteiger partial charge on any atom is -0.229 e. The van der Waals surface area contributed by atoms with E-state index in [9.17, 15) is 26.0 Å². The summed E-state index contributed by atoms with van der Waals surface area (Å²) in [6, 6.07) is 0. The number of rotatable bonds is 4. The van der Waals surface area contributed by atoms with E-state index in [1.807, 2.05) is 0 Å². The van der Waals surface area contributed by atoms with Gasteiger partial charge in [0.25, 0.3) is 0 Å². The van der Waals surface area contributed by atoms with Gasteiger partial charge >= 0.3 is 12.3 Å². The van der Waals surface area contributed by atoms with Crippen molar-refractivity contribution in [3.05, 3.63) is 0 Å². The molecule has 0 aliphatic rings. The number of primary sulfonamides is 1. The first-order chi connectivity index (χ1) is 5.15. The Kier molecular flexibility index (Phi) is 3.45. The molecule has 0 amide bonds. The van der Waals surface area contributed by atoms with Crippen LogP contribution < -0.4 is 5.14 Å². The average molecular weight is 209 g/mol. The molecule has 0 aliphatic heterocycles. The Morgan fingerprint density at radius 1 is 1.33 bits per heavy atom. The Hall–Kier alpha value is -0.370. The summed E-state index contributed by atoms with van der Waals surface area (Å²) in [7, 11) is -4.10. The van der Waals surface area contributed by atoms with Crippen molar-refractivity contribution >= 4 is 10.0 Å². The molecule has 0 rings (SSSR count). The Labute approximate surface area is 66.6 Å². The minimum absolute atomic E-state index is 1.15. The second kappa shape index (κ2) is 3.56. The SMILES string of the molecule is NS(=O)(=O)CCC(F)(F)C(F)F. The maximum absolute atomic E-state index is 12.0. The van der Waals surface area contributed by atoms with Crippen LogP contribution in [0.15, 0.2) is 0 Å². The summed E-state index contributed by atoms with van der Waals surface area (Å²) in [5.41, 5.74) is 0. The Bertz CT molecular complexity index is 237. The van der Waals surface area contributed by atoms with Gasteiger partial charge in [-0.1, -0.05) is 0 Å². The van der Waals surface area contributed by atoms with Gasteiger partial charge in [0.1, 0.15) is 0 Å². The first kappa shape index (κ1) is 11.6. The average Bonchev–Trinajstić information content (AvgIpc) is 1.82. The summed E-state index contributed by atoms with van der Waals surface area (Å²) in [6.45, 7) is 0. The predicted octanol–water partition coefficient (Wildman–Crippen LogP) is 0.565. The van der Waals surface area contributed by atoms with Crippen molar-refractivity contribution < 1.29 is 26.0 Å². The molecule has 0 unspecified atom stereocenters. The molecule has 2 N–H and O–H groups in total. The van der Waals surface area contributed by atoms with E-state index in [1.54, 1.807) is 0 Å². The maximum Gasteiger partial charge on any atom is 0.308 e. The van der Waals surface area contributed by atoms with Gasteiger partial charge in [0.05, 0.1) is 5.75 Å². The van der Waals surface area contributed by atoms with Crippen LogP contribution in [0.1, 0.15) is 6.42 Å². The lowest BCUT2D eigenvalue weighted by Crippen LogP contribution is -2.31. The molecule has 12 heavy (non-hydrogen) atoms. The number of alkyl halides is 4. The first-order valence-electron chi connectivity index (χ1n) is 2.81. The highest BCUT2D eigenvalue weighted by molar-refractivity contribution is 7.89. The van der Waals surface area contributed by atoms with Crippen LogP contribution in [0.2, 0.25) is 0 Å². The van der Waals surface area contributed by atoms with Gasteiger partial charge in [-0.15, -0.1) is 0 Å². The van der Waals surface area contributed by atoms with Gasteiger partial charge in [-0.3, -0.25) is 0 Å². The fourth-order valence-electron chi connectivity index (χ4n) is 0.387. The molecule has 0 atom stereocenters. The molecule has 0 fully saturated rings. The molecular formula is C4H7F4NO2S.